The quantitative estimate of drug-likeness (QED) is 0.351. The molecule has 3 aromatic carbocycles. The summed E-state index contributed by atoms with van der Waals surface area (Å²) in [5.74, 6) is 1.76. The van der Waals surface area contributed by atoms with Gasteiger partial charge in [-0.25, -0.2) is 4.98 Å². The Bertz CT molecular complexity index is 1290. The van der Waals surface area contributed by atoms with Crippen LogP contribution < -0.4 is 0 Å². The molecule has 0 saturated heterocycles. The van der Waals surface area contributed by atoms with Crippen LogP contribution in [0.3, 0.4) is 0 Å². The van der Waals surface area contributed by atoms with Gasteiger partial charge in [-0.1, -0.05) is 35.3 Å². The van der Waals surface area contributed by atoms with Crippen LogP contribution >= 0.6 is 23.2 Å². The highest BCUT2D eigenvalue weighted by Crippen LogP contribution is 2.27. The van der Waals surface area contributed by atoms with Crippen molar-refractivity contribution in [3.8, 4) is 22.8 Å². The Morgan fingerprint density at radius 3 is 2.14 bits per heavy atom. The van der Waals surface area contributed by atoms with Crippen LogP contribution in [0, 0.1) is 0 Å². The zero-order valence-electron chi connectivity index (χ0n) is 15.1. The summed E-state index contributed by atoms with van der Waals surface area (Å²) in [6, 6.07) is 22.9. The monoisotopic (exact) mass is 420 g/mol. The first-order chi connectivity index (χ1) is 14.2. The number of hydrogen-bond acceptors (Lipinski definition) is 4. The number of hydrogen-bond donors (Lipinski definition) is 0. The lowest BCUT2D eigenvalue weighted by Crippen LogP contribution is -2.02. The first-order valence-electron chi connectivity index (χ1n) is 8.97. The molecular weight excluding hydrogens is 407 g/mol. The highest BCUT2D eigenvalue weighted by atomic mass is 35.5. The summed E-state index contributed by atoms with van der Waals surface area (Å²) in [4.78, 5) is 4.80. The van der Waals surface area contributed by atoms with Gasteiger partial charge in [-0.2, -0.15) is 0 Å². The Kier molecular flexibility index (Phi) is 4.54. The number of fused-ring (bicyclic) bond motifs is 1. The van der Waals surface area contributed by atoms with Crippen LogP contribution in [0.2, 0.25) is 10.0 Å². The highest BCUT2D eigenvalue weighted by Gasteiger charge is 2.16. The van der Waals surface area contributed by atoms with E-state index in [0.29, 0.717) is 28.4 Å². The van der Waals surface area contributed by atoms with Gasteiger partial charge in [-0.05, 0) is 60.7 Å². The molecule has 0 amide bonds. The predicted molar refractivity (Wildman–Crippen MR) is 114 cm³/mol. The fraction of sp³-hybridized carbons (Fsp3) is 0.0455. The number of rotatable bonds is 4. The van der Waals surface area contributed by atoms with Gasteiger partial charge >= 0.3 is 0 Å². The van der Waals surface area contributed by atoms with Crippen molar-refractivity contribution in [2.24, 2.45) is 0 Å². The van der Waals surface area contributed by atoms with E-state index in [0.717, 1.165) is 28.0 Å². The lowest BCUT2D eigenvalue weighted by Gasteiger charge is -2.07. The van der Waals surface area contributed by atoms with Crippen molar-refractivity contribution >= 4 is 34.2 Å². The van der Waals surface area contributed by atoms with E-state index in [2.05, 4.69) is 14.8 Å². The molecule has 0 aliphatic heterocycles. The highest BCUT2D eigenvalue weighted by molar-refractivity contribution is 6.30. The lowest BCUT2D eigenvalue weighted by atomic mass is 10.2. The normalized spacial score (nSPS) is 11.2. The molecule has 5 aromatic rings. The average Bonchev–Trinajstić information content (AvgIpc) is 3.35. The standard InChI is InChI=1S/C22H14Cl2N4O/c23-16-9-5-14(6-10-16)21-25-18-3-1-2-4-19(18)28(21)13-20-26-27-22(29-20)15-7-11-17(24)12-8-15/h1-12H,13H2. The van der Waals surface area contributed by atoms with Crippen LogP contribution in [0.15, 0.2) is 77.2 Å². The van der Waals surface area contributed by atoms with Crippen LogP contribution in [-0.4, -0.2) is 19.7 Å². The van der Waals surface area contributed by atoms with E-state index in [-0.39, 0.29) is 0 Å². The zero-order chi connectivity index (χ0) is 19.8. The fourth-order valence-electron chi connectivity index (χ4n) is 3.22. The topological polar surface area (TPSA) is 56.7 Å². The Morgan fingerprint density at radius 2 is 1.41 bits per heavy atom. The minimum Gasteiger partial charge on any atom is -0.419 e. The van der Waals surface area contributed by atoms with Gasteiger partial charge in [0.05, 0.1) is 11.0 Å². The summed E-state index contributed by atoms with van der Waals surface area (Å²) < 4.78 is 7.97. The van der Waals surface area contributed by atoms with Gasteiger partial charge in [0.1, 0.15) is 12.4 Å². The van der Waals surface area contributed by atoms with E-state index >= 15 is 0 Å². The largest absolute Gasteiger partial charge is 0.419 e. The number of nitrogens with zero attached hydrogens (tertiary/aromatic N) is 4. The minimum absolute atomic E-state index is 0.402. The molecule has 2 heterocycles. The van der Waals surface area contributed by atoms with Gasteiger partial charge < -0.3 is 8.98 Å². The van der Waals surface area contributed by atoms with Gasteiger partial charge in [0, 0.05) is 21.2 Å². The molecule has 0 N–H and O–H groups in total. The second-order valence-corrected chi connectivity index (χ2v) is 7.40. The smallest absolute Gasteiger partial charge is 0.247 e. The van der Waals surface area contributed by atoms with Crippen molar-refractivity contribution in [1.82, 2.24) is 19.7 Å². The molecule has 0 bridgehead atoms. The van der Waals surface area contributed by atoms with Crippen LogP contribution in [-0.2, 0) is 6.54 Å². The van der Waals surface area contributed by atoms with Crippen molar-refractivity contribution < 1.29 is 4.42 Å². The predicted octanol–water partition coefficient (Wildman–Crippen LogP) is 6.11. The van der Waals surface area contributed by atoms with Crippen LogP contribution in [0.25, 0.3) is 33.9 Å². The van der Waals surface area contributed by atoms with Crippen molar-refractivity contribution in [2.45, 2.75) is 6.54 Å². The maximum absolute atomic E-state index is 6.05. The molecular formula is C22H14Cl2N4O. The lowest BCUT2D eigenvalue weighted by molar-refractivity contribution is 0.492. The Balaban J connectivity index is 1.56. The first-order valence-corrected chi connectivity index (χ1v) is 9.72. The van der Waals surface area contributed by atoms with E-state index in [4.69, 9.17) is 32.6 Å². The summed E-state index contributed by atoms with van der Waals surface area (Å²) in [5.41, 5.74) is 3.67. The number of aromatic nitrogens is 4. The number of imidazole rings is 1. The third-order valence-electron chi connectivity index (χ3n) is 4.61. The molecule has 2 aromatic heterocycles. The van der Waals surface area contributed by atoms with Crippen molar-refractivity contribution in [3.05, 3.63) is 88.7 Å². The molecule has 0 saturated carbocycles. The number of benzene rings is 3. The summed E-state index contributed by atoms with van der Waals surface area (Å²) in [6.45, 7) is 0.402. The maximum Gasteiger partial charge on any atom is 0.247 e. The van der Waals surface area contributed by atoms with Gasteiger partial charge in [-0.15, -0.1) is 10.2 Å². The molecule has 7 heteroatoms. The van der Waals surface area contributed by atoms with Crippen LogP contribution in [0.1, 0.15) is 5.89 Å². The van der Waals surface area contributed by atoms with E-state index in [1.165, 1.54) is 0 Å². The van der Waals surface area contributed by atoms with E-state index in [1.807, 2.05) is 60.7 Å². The molecule has 5 nitrogen and oxygen atoms in total. The molecule has 0 radical (unpaired) electrons. The van der Waals surface area contributed by atoms with Gasteiger partial charge in [0.25, 0.3) is 0 Å². The molecule has 0 atom stereocenters. The minimum atomic E-state index is 0.402. The summed E-state index contributed by atoms with van der Waals surface area (Å²) >= 11 is 12.0. The first kappa shape index (κ1) is 17.9. The van der Waals surface area contributed by atoms with Crippen molar-refractivity contribution in [2.75, 3.05) is 0 Å². The van der Waals surface area contributed by atoms with E-state index in [1.54, 1.807) is 12.1 Å². The third kappa shape index (κ3) is 3.50. The van der Waals surface area contributed by atoms with Gasteiger partial charge in [0.2, 0.25) is 11.8 Å². The molecule has 0 fully saturated rings. The molecule has 0 aliphatic rings. The maximum atomic E-state index is 6.05. The summed E-state index contributed by atoms with van der Waals surface area (Å²) in [7, 11) is 0. The molecule has 142 valence electrons. The van der Waals surface area contributed by atoms with Crippen molar-refractivity contribution in [1.29, 1.82) is 0 Å². The fourth-order valence-corrected chi connectivity index (χ4v) is 3.47. The Morgan fingerprint density at radius 1 is 0.759 bits per heavy atom. The van der Waals surface area contributed by atoms with E-state index in [9.17, 15) is 0 Å². The van der Waals surface area contributed by atoms with Gasteiger partial charge in [0.15, 0.2) is 0 Å². The summed E-state index contributed by atoms with van der Waals surface area (Å²) in [5, 5.41) is 9.75. The molecule has 0 aliphatic carbocycles. The Labute approximate surface area is 176 Å². The molecule has 29 heavy (non-hydrogen) atoms. The average molecular weight is 421 g/mol. The SMILES string of the molecule is Clc1ccc(-c2nnc(Cn3c(-c4ccc(Cl)cc4)nc4ccccc43)o2)cc1. The summed E-state index contributed by atoms with van der Waals surface area (Å²) in [6.07, 6.45) is 0. The number of halogens is 2. The third-order valence-corrected chi connectivity index (χ3v) is 5.11. The van der Waals surface area contributed by atoms with E-state index < -0.39 is 0 Å². The van der Waals surface area contributed by atoms with Gasteiger partial charge in [-0.3, -0.25) is 0 Å². The van der Waals surface area contributed by atoms with Crippen molar-refractivity contribution in [3.63, 3.8) is 0 Å². The second kappa shape index (κ2) is 7.35. The second-order valence-electron chi connectivity index (χ2n) is 6.53. The molecule has 0 unspecified atom stereocenters. The number of para-hydroxylation sites is 2. The molecule has 5 rings (SSSR count). The molecule has 0 spiro atoms. The van der Waals surface area contributed by atoms with Crippen LogP contribution in [0.4, 0.5) is 0 Å². The zero-order valence-corrected chi connectivity index (χ0v) is 16.6. The van der Waals surface area contributed by atoms with Crippen LogP contribution in [0.5, 0.6) is 0 Å². The Hall–Kier alpha value is -3.15.